The number of alkyl halides is 3. The van der Waals surface area contributed by atoms with Crippen LogP contribution in [0.15, 0.2) is 36.9 Å². The fourth-order valence-corrected chi connectivity index (χ4v) is 1.08. The highest BCUT2D eigenvalue weighted by Crippen LogP contribution is 2.23. The molecule has 0 radical (unpaired) electrons. The monoisotopic (exact) mass is 260 g/mol. The zero-order valence-electron chi connectivity index (χ0n) is 9.25. The highest BCUT2D eigenvalue weighted by atomic mass is 19.4. The van der Waals surface area contributed by atoms with Crippen LogP contribution >= 0.6 is 0 Å². The summed E-state index contributed by atoms with van der Waals surface area (Å²) in [6.07, 6.45) is -3.23. The molecule has 0 aliphatic heterocycles. The summed E-state index contributed by atoms with van der Waals surface area (Å²) < 4.78 is 39.3. The van der Waals surface area contributed by atoms with Gasteiger partial charge in [0.2, 0.25) is 0 Å². The summed E-state index contributed by atoms with van der Waals surface area (Å²) >= 11 is 0. The van der Waals surface area contributed by atoms with Gasteiger partial charge in [0.05, 0.1) is 0 Å². The van der Waals surface area contributed by atoms with Crippen molar-refractivity contribution in [3.63, 3.8) is 0 Å². The Morgan fingerprint density at radius 2 is 1.94 bits per heavy atom. The second-order valence-electron chi connectivity index (χ2n) is 3.20. The second kappa shape index (κ2) is 5.95. The lowest BCUT2D eigenvalue weighted by molar-refractivity contribution is -0.274. The van der Waals surface area contributed by atoms with Gasteiger partial charge in [0.25, 0.3) is 0 Å². The van der Waals surface area contributed by atoms with Gasteiger partial charge in [-0.15, -0.1) is 19.8 Å². The van der Waals surface area contributed by atoms with E-state index >= 15 is 0 Å². The number of ether oxygens (including phenoxy) is 1. The molecule has 1 rings (SSSR count). The summed E-state index contributed by atoms with van der Waals surface area (Å²) in [5.41, 5.74) is 0.353. The van der Waals surface area contributed by atoms with Crippen molar-refractivity contribution in [3.8, 4) is 5.75 Å². The number of anilines is 1. The van der Waals surface area contributed by atoms with Gasteiger partial charge in [-0.25, -0.2) is 4.79 Å². The van der Waals surface area contributed by atoms with Crippen molar-refractivity contribution in [2.24, 2.45) is 0 Å². The summed E-state index contributed by atoms with van der Waals surface area (Å²) in [5.74, 6) is -0.348. The first-order chi connectivity index (χ1) is 8.40. The molecule has 0 bridgehead atoms. The lowest BCUT2D eigenvalue weighted by Crippen LogP contribution is -2.28. The molecule has 0 atom stereocenters. The predicted octanol–water partition coefficient (Wildman–Crippen LogP) is 2.89. The summed E-state index contributed by atoms with van der Waals surface area (Å²) in [6, 6.07) is 4.34. The lowest BCUT2D eigenvalue weighted by Gasteiger charge is -2.10. The Morgan fingerprint density at radius 3 is 2.44 bits per heavy atom. The van der Waals surface area contributed by atoms with Crippen molar-refractivity contribution >= 4 is 11.7 Å². The fourth-order valence-electron chi connectivity index (χ4n) is 1.08. The van der Waals surface area contributed by atoms with Crippen molar-refractivity contribution < 1.29 is 22.7 Å². The van der Waals surface area contributed by atoms with Crippen molar-refractivity contribution in [3.05, 3.63) is 36.9 Å². The molecule has 98 valence electrons. The van der Waals surface area contributed by atoms with E-state index in [4.69, 9.17) is 0 Å². The minimum absolute atomic E-state index is 0.293. The zero-order chi connectivity index (χ0) is 13.6. The van der Waals surface area contributed by atoms with Gasteiger partial charge >= 0.3 is 12.4 Å². The third-order valence-electron chi connectivity index (χ3n) is 1.75. The number of nitrogens with one attached hydrogen (secondary N) is 2. The van der Waals surface area contributed by atoms with E-state index in [1.54, 1.807) is 0 Å². The topological polar surface area (TPSA) is 50.4 Å². The number of halogens is 3. The molecule has 0 aliphatic carbocycles. The van der Waals surface area contributed by atoms with E-state index in [-0.39, 0.29) is 5.75 Å². The quantitative estimate of drug-likeness (QED) is 0.818. The van der Waals surface area contributed by atoms with Gasteiger partial charge in [0.15, 0.2) is 0 Å². The third kappa shape index (κ3) is 5.24. The molecule has 2 amide bonds. The predicted molar refractivity (Wildman–Crippen MR) is 60.3 cm³/mol. The molecule has 7 heteroatoms. The number of carbonyl (C=O) groups is 1. The van der Waals surface area contributed by atoms with E-state index in [0.717, 1.165) is 12.1 Å². The number of carbonyl (C=O) groups excluding carboxylic acids is 1. The van der Waals surface area contributed by atoms with Crippen molar-refractivity contribution in [2.75, 3.05) is 11.9 Å². The number of amides is 2. The van der Waals surface area contributed by atoms with Gasteiger partial charge in [-0.3, -0.25) is 0 Å². The molecule has 18 heavy (non-hydrogen) atoms. The molecule has 0 spiro atoms. The molecular formula is C11H11F3N2O2. The van der Waals surface area contributed by atoms with Crippen LogP contribution in [0.25, 0.3) is 0 Å². The first-order valence-electron chi connectivity index (χ1n) is 4.92. The van der Waals surface area contributed by atoms with E-state index in [2.05, 4.69) is 21.9 Å². The molecule has 0 unspecified atom stereocenters. The number of rotatable bonds is 4. The van der Waals surface area contributed by atoms with Crippen molar-refractivity contribution in [2.45, 2.75) is 6.36 Å². The SMILES string of the molecule is C=CCNC(=O)Nc1ccc(OC(F)(F)F)cc1. The summed E-state index contributed by atoms with van der Waals surface area (Å²) in [5, 5.41) is 4.89. The van der Waals surface area contributed by atoms with Crippen LogP contribution in [0.1, 0.15) is 0 Å². The average Bonchev–Trinajstić information content (AvgIpc) is 2.27. The van der Waals surface area contributed by atoms with E-state index in [1.807, 2.05) is 0 Å². The Balaban J connectivity index is 2.55. The van der Waals surface area contributed by atoms with Crippen LogP contribution in [-0.4, -0.2) is 18.9 Å². The van der Waals surface area contributed by atoms with E-state index < -0.39 is 12.4 Å². The highest BCUT2D eigenvalue weighted by molar-refractivity contribution is 5.89. The van der Waals surface area contributed by atoms with Crippen LogP contribution in [0.2, 0.25) is 0 Å². The third-order valence-corrected chi connectivity index (χ3v) is 1.75. The molecule has 0 fully saturated rings. The molecule has 2 N–H and O–H groups in total. The average molecular weight is 260 g/mol. The molecule has 1 aromatic carbocycles. The van der Waals surface area contributed by atoms with E-state index in [1.165, 1.54) is 18.2 Å². The molecule has 0 heterocycles. The van der Waals surface area contributed by atoms with Gasteiger partial charge in [0.1, 0.15) is 5.75 Å². The van der Waals surface area contributed by atoms with Crippen LogP contribution in [0, 0.1) is 0 Å². The minimum atomic E-state index is -4.73. The molecule has 0 saturated heterocycles. The maximum Gasteiger partial charge on any atom is 0.573 e. The van der Waals surface area contributed by atoms with E-state index in [0.29, 0.717) is 12.2 Å². The molecule has 0 aromatic heterocycles. The normalized spacial score (nSPS) is 10.6. The van der Waals surface area contributed by atoms with Crippen LogP contribution < -0.4 is 15.4 Å². The standard InChI is InChI=1S/C11H11F3N2O2/c1-2-7-15-10(17)16-8-3-5-9(6-4-8)18-11(12,13)14/h2-6H,1,7H2,(H2,15,16,17). The van der Waals surface area contributed by atoms with Crippen LogP contribution in [0.5, 0.6) is 5.75 Å². The maximum absolute atomic E-state index is 11.9. The van der Waals surface area contributed by atoms with Crippen LogP contribution in [-0.2, 0) is 0 Å². The summed E-state index contributed by atoms with van der Waals surface area (Å²) in [6.45, 7) is 3.71. The Labute approximate surface area is 101 Å². The van der Waals surface area contributed by atoms with Crippen molar-refractivity contribution in [1.29, 1.82) is 0 Å². The van der Waals surface area contributed by atoms with E-state index in [9.17, 15) is 18.0 Å². The van der Waals surface area contributed by atoms with Crippen LogP contribution in [0.3, 0.4) is 0 Å². The minimum Gasteiger partial charge on any atom is -0.406 e. The molecule has 0 saturated carbocycles. The smallest absolute Gasteiger partial charge is 0.406 e. The Hall–Kier alpha value is -2.18. The lowest BCUT2D eigenvalue weighted by atomic mass is 10.3. The fraction of sp³-hybridized carbons (Fsp3) is 0.182. The van der Waals surface area contributed by atoms with Gasteiger partial charge in [-0.1, -0.05) is 6.08 Å². The molecule has 0 aliphatic rings. The van der Waals surface area contributed by atoms with Crippen molar-refractivity contribution in [1.82, 2.24) is 5.32 Å². The maximum atomic E-state index is 11.9. The highest BCUT2D eigenvalue weighted by Gasteiger charge is 2.30. The number of urea groups is 1. The number of benzene rings is 1. The Bertz CT molecular complexity index is 415. The largest absolute Gasteiger partial charge is 0.573 e. The second-order valence-corrected chi connectivity index (χ2v) is 3.20. The molecule has 1 aromatic rings. The summed E-state index contributed by atoms with van der Waals surface area (Å²) in [7, 11) is 0. The van der Waals surface area contributed by atoms with Gasteiger partial charge in [-0.05, 0) is 24.3 Å². The Morgan fingerprint density at radius 1 is 1.33 bits per heavy atom. The van der Waals surface area contributed by atoms with Gasteiger partial charge in [0, 0.05) is 12.2 Å². The van der Waals surface area contributed by atoms with Gasteiger partial charge < -0.3 is 15.4 Å². The zero-order valence-corrected chi connectivity index (χ0v) is 9.25. The Kier molecular flexibility index (Phi) is 4.59. The molecule has 4 nitrogen and oxygen atoms in total. The van der Waals surface area contributed by atoms with Gasteiger partial charge in [-0.2, -0.15) is 0 Å². The number of hydrogen-bond donors (Lipinski definition) is 2. The first kappa shape index (κ1) is 13.9. The summed E-state index contributed by atoms with van der Waals surface area (Å²) in [4.78, 5) is 11.2. The van der Waals surface area contributed by atoms with Crippen LogP contribution in [0.4, 0.5) is 23.7 Å². The first-order valence-corrected chi connectivity index (χ1v) is 4.92. The molecular weight excluding hydrogens is 249 g/mol. The number of hydrogen-bond acceptors (Lipinski definition) is 2.